The number of aryl methyl sites for hydroxylation is 1. The summed E-state index contributed by atoms with van der Waals surface area (Å²) in [5.74, 6) is 2.67. The van der Waals surface area contributed by atoms with E-state index in [4.69, 9.17) is 4.74 Å². The number of guanidine groups is 1. The second-order valence-electron chi connectivity index (χ2n) is 6.89. The summed E-state index contributed by atoms with van der Waals surface area (Å²) in [7, 11) is 1.78. The smallest absolute Gasteiger partial charge is 0.191 e. The minimum absolute atomic E-state index is 0. The van der Waals surface area contributed by atoms with Crippen LogP contribution in [0.25, 0.3) is 0 Å². The highest BCUT2D eigenvalue weighted by Gasteiger charge is 2.03. The third-order valence-corrected chi connectivity index (χ3v) is 4.76. The molecule has 1 heterocycles. The van der Waals surface area contributed by atoms with Crippen molar-refractivity contribution in [3.8, 4) is 5.75 Å². The first-order chi connectivity index (χ1) is 14.8. The monoisotopic (exact) mass is 534 g/mol. The van der Waals surface area contributed by atoms with E-state index in [0.29, 0.717) is 6.61 Å². The van der Waals surface area contributed by atoms with Crippen molar-refractivity contribution < 1.29 is 4.74 Å². The van der Waals surface area contributed by atoms with E-state index in [1.165, 1.54) is 11.1 Å². The summed E-state index contributed by atoms with van der Waals surface area (Å²) in [5, 5.41) is 14.7. The highest BCUT2D eigenvalue weighted by Crippen LogP contribution is 2.14. The van der Waals surface area contributed by atoms with Crippen molar-refractivity contribution in [2.45, 2.75) is 32.9 Å². The number of aromatic nitrogens is 3. The zero-order chi connectivity index (χ0) is 21.0. The molecule has 1 aromatic heterocycles. The number of benzene rings is 2. The number of halogens is 1. The van der Waals surface area contributed by atoms with Gasteiger partial charge in [0.1, 0.15) is 24.5 Å². The van der Waals surface area contributed by atoms with Crippen LogP contribution in [0.4, 0.5) is 0 Å². The SMILES string of the molecule is CCc1nncn1CCNC(=NC)NCCc1ccc(OCc2ccccc2)cc1.I. The molecule has 0 spiro atoms. The zero-order valence-corrected chi connectivity index (χ0v) is 20.5. The Bertz CT molecular complexity index is 911. The fourth-order valence-electron chi connectivity index (χ4n) is 3.07. The zero-order valence-electron chi connectivity index (χ0n) is 18.1. The lowest BCUT2D eigenvalue weighted by molar-refractivity contribution is 0.306. The standard InChI is InChI=1S/C23H30N6O.HI/c1-3-22-28-27-18-29(22)16-15-26-23(24-2)25-14-13-19-9-11-21(12-10-19)30-17-20-7-5-4-6-8-20;/h4-12,18H,3,13-17H2,1-2H3,(H2,24,25,26);1H. The third-order valence-electron chi connectivity index (χ3n) is 4.76. The first-order valence-corrected chi connectivity index (χ1v) is 10.4. The van der Waals surface area contributed by atoms with Crippen LogP contribution >= 0.6 is 24.0 Å². The van der Waals surface area contributed by atoms with E-state index in [0.717, 1.165) is 50.0 Å². The van der Waals surface area contributed by atoms with Crippen LogP contribution in [0.15, 0.2) is 65.9 Å². The Morgan fingerprint density at radius 1 is 1.00 bits per heavy atom. The van der Waals surface area contributed by atoms with E-state index in [1.807, 2.05) is 30.3 Å². The van der Waals surface area contributed by atoms with Crippen molar-refractivity contribution in [3.05, 3.63) is 77.9 Å². The van der Waals surface area contributed by atoms with Gasteiger partial charge >= 0.3 is 0 Å². The van der Waals surface area contributed by atoms with E-state index in [-0.39, 0.29) is 24.0 Å². The number of hydrogen-bond acceptors (Lipinski definition) is 4. The van der Waals surface area contributed by atoms with Gasteiger partial charge < -0.3 is 19.9 Å². The van der Waals surface area contributed by atoms with E-state index in [2.05, 4.69) is 61.6 Å². The van der Waals surface area contributed by atoms with Gasteiger partial charge in [0, 0.05) is 33.1 Å². The third kappa shape index (κ3) is 8.20. The molecule has 0 radical (unpaired) electrons. The van der Waals surface area contributed by atoms with Crippen molar-refractivity contribution in [1.82, 2.24) is 25.4 Å². The minimum atomic E-state index is 0. The summed E-state index contributed by atoms with van der Waals surface area (Å²) < 4.78 is 7.90. The van der Waals surface area contributed by atoms with Gasteiger partial charge in [0.05, 0.1) is 0 Å². The van der Waals surface area contributed by atoms with Crippen molar-refractivity contribution in [2.75, 3.05) is 20.1 Å². The lowest BCUT2D eigenvalue weighted by Gasteiger charge is -2.13. The highest BCUT2D eigenvalue weighted by atomic mass is 127. The number of hydrogen-bond donors (Lipinski definition) is 2. The van der Waals surface area contributed by atoms with Crippen LogP contribution in [-0.4, -0.2) is 40.9 Å². The van der Waals surface area contributed by atoms with Crippen molar-refractivity contribution in [3.63, 3.8) is 0 Å². The quantitative estimate of drug-likeness (QED) is 0.237. The molecular weight excluding hydrogens is 503 g/mol. The molecule has 8 heteroatoms. The van der Waals surface area contributed by atoms with Crippen LogP contribution < -0.4 is 15.4 Å². The molecule has 0 unspecified atom stereocenters. The first kappa shape index (κ1) is 24.6. The van der Waals surface area contributed by atoms with Gasteiger partial charge in [-0.05, 0) is 29.7 Å². The summed E-state index contributed by atoms with van der Waals surface area (Å²) in [6.45, 7) is 5.03. The number of ether oxygens (including phenoxy) is 1. The second-order valence-corrected chi connectivity index (χ2v) is 6.89. The average Bonchev–Trinajstić information content (AvgIpc) is 3.25. The van der Waals surface area contributed by atoms with E-state index in [9.17, 15) is 0 Å². The van der Waals surface area contributed by atoms with Crippen LogP contribution in [0, 0.1) is 0 Å². The van der Waals surface area contributed by atoms with Crippen LogP contribution in [0.1, 0.15) is 23.9 Å². The Morgan fingerprint density at radius 3 is 2.45 bits per heavy atom. The van der Waals surface area contributed by atoms with Gasteiger partial charge in [0.2, 0.25) is 0 Å². The number of aliphatic imine (C=N–C) groups is 1. The van der Waals surface area contributed by atoms with E-state index in [1.54, 1.807) is 13.4 Å². The maximum Gasteiger partial charge on any atom is 0.191 e. The lowest BCUT2D eigenvalue weighted by atomic mass is 10.1. The molecule has 0 fully saturated rings. The molecule has 7 nitrogen and oxygen atoms in total. The van der Waals surface area contributed by atoms with Crippen LogP contribution in [-0.2, 0) is 26.0 Å². The van der Waals surface area contributed by atoms with Gasteiger partial charge in [-0.3, -0.25) is 4.99 Å². The molecule has 0 atom stereocenters. The van der Waals surface area contributed by atoms with Crippen molar-refractivity contribution >= 4 is 29.9 Å². The van der Waals surface area contributed by atoms with E-state index < -0.39 is 0 Å². The maximum absolute atomic E-state index is 5.84. The minimum Gasteiger partial charge on any atom is -0.489 e. The molecule has 3 rings (SSSR count). The Hall–Kier alpha value is -2.62. The van der Waals surface area contributed by atoms with Crippen molar-refractivity contribution in [2.24, 2.45) is 4.99 Å². The van der Waals surface area contributed by atoms with Crippen LogP contribution in [0.5, 0.6) is 5.75 Å². The molecule has 31 heavy (non-hydrogen) atoms. The number of nitrogens with zero attached hydrogens (tertiary/aromatic N) is 4. The highest BCUT2D eigenvalue weighted by molar-refractivity contribution is 14.0. The summed E-state index contributed by atoms with van der Waals surface area (Å²) in [6.07, 6.45) is 3.55. The Kier molecular flexibility index (Phi) is 10.8. The Labute approximate surface area is 201 Å². The Balaban J connectivity index is 0.00000341. The molecular formula is C23H31IN6O. The van der Waals surface area contributed by atoms with Gasteiger partial charge in [0.25, 0.3) is 0 Å². The van der Waals surface area contributed by atoms with Gasteiger partial charge in [0.15, 0.2) is 5.96 Å². The van der Waals surface area contributed by atoms with Gasteiger partial charge in [-0.2, -0.15) is 0 Å². The molecule has 0 aliphatic carbocycles. The van der Waals surface area contributed by atoms with Crippen LogP contribution in [0.3, 0.4) is 0 Å². The first-order valence-electron chi connectivity index (χ1n) is 10.4. The second kappa shape index (κ2) is 13.6. The molecule has 0 saturated heterocycles. The maximum atomic E-state index is 5.84. The normalized spacial score (nSPS) is 11.0. The molecule has 3 aromatic rings. The average molecular weight is 534 g/mol. The van der Waals surface area contributed by atoms with Gasteiger partial charge in [-0.1, -0.05) is 49.4 Å². The summed E-state index contributed by atoms with van der Waals surface area (Å²) in [5.41, 5.74) is 2.42. The molecule has 0 aliphatic rings. The fraction of sp³-hybridized carbons (Fsp3) is 0.348. The molecule has 0 aliphatic heterocycles. The van der Waals surface area contributed by atoms with Gasteiger partial charge in [-0.15, -0.1) is 34.2 Å². The summed E-state index contributed by atoms with van der Waals surface area (Å²) in [4.78, 5) is 4.28. The summed E-state index contributed by atoms with van der Waals surface area (Å²) >= 11 is 0. The number of rotatable bonds is 10. The molecule has 0 amide bonds. The molecule has 0 saturated carbocycles. The summed E-state index contributed by atoms with van der Waals surface area (Å²) in [6, 6.07) is 18.4. The van der Waals surface area contributed by atoms with Gasteiger partial charge in [-0.25, -0.2) is 0 Å². The van der Waals surface area contributed by atoms with Crippen LogP contribution in [0.2, 0.25) is 0 Å². The Morgan fingerprint density at radius 2 is 1.74 bits per heavy atom. The fourth-order valence-corrected chi connectivity index (χ4v) is 3.07. The predicted molar refractivity (Wildman–Crippen MR) is 135 cm³/mol. The largest absolute Gasteiger partial charge is 0.489 e. The molecule has 166 valence electrons. The lowest BCUT2D eigenvalue weighted by Crippen LogP contribution is -2.39. The molecule has 2 N–H and O–H groups in total. The molecule has 2 aromatic carbocycles. The predicted octanol–water partition coefficient (Wildman–Crippen LogP) is 3.45. The topological polar surface area (TPSA) is 76.4 Å². The molecule has 0 bridgehead atoms. The van der Waals surface area contributed by atoms with Crippen molar-refractivity contribution in [1.29, 1.82) is 0 Å². The number of nitrogens with one attached hydrogen (secondary N) is 2. The van der Waals surface area contributed by atoms with E-state index >= 15 is 0 Å².